The van der Waals surface area contributed by atoms with Crippen molar-refractivity contribution in [2.24, 2.45) is 0 Å². The van der Waals surface area contributed by atoms with Crippen LogP contribution in [0.1, 0.15) is 38.3 Å². The molecule has 3 rings (SSSR count). The standard InChI is InChI=1S/C17H21N3OS/c1-2-15-4-3-11-20(15)16(21)6-5-14-12-22-17(19-14)13-7-9-18-10-8-13/h7-10,12,15H,2-6,11H2,1H3. The van der Waals surface area contributed by atoms with Crippen LogP contribution >= 0.6 is 11.3 Å². The van der Waals surface area contributed by atoms with E-state index in [1.165, 1.54) is 0 Å². The van der Waals surface area contributed by atoms with Crippen LogP contribution in [0.3, 0.4) is 0 Å². The number of hydrogen-bond acceptors (Lipinski definition) is 4. The van der Waals surface area contributed by atoms with Crippen molar-refractivity contribution in [3.8, 4) is 10.6 Å². The van der Waals surface area contributed by atoms with E-state index in [0.29, 0.717) is 12.5 Å². The quantitative estimate of drug-likeness (QED) is 0.848. The third-order valence-corrected chi connectivity index (χ3v) is 5.18. The molecular formula is C17H21N3OS. The molecular weight excluding hydrogens is 294 g/mol. The topological polar surface area (TPSA) is 46.1 Å². The molecule has 0 saturated carbocycles. The normalized spacial score (nSPS) is 17.9. The van der Waals surface area contributed by atoms with E-state index >= 15 is 0 Å². The summed E-state index contributed by atoms with van der Waals surface area (Å²) in [6, 6.07) is 4.38. The van der Waals surface area contributed by atoms with E-state index in [0.717, 1.165) is 48.5 Å². The monoisotopic (exact) mass is 315 g/mol. The Labute approximate surface area is 135 Å². The van der Waals surface area contributed by atoms with Gasteiger partial charge in [0.25, 0.3) is 0 Å². The largest absolute Gasteiger partial charge is 0.340 e. The molecule has 3 heterocycles. The van der Waals surface area contributed by atoms with Crippen LogP contribution < -0.4 is 0 Å². The Morgan fingerprint density at radius 1 is 1.41 bits per heavy atom. The van der Waals surface area contributed by atoms with Crippen LogP contribution in [0.25, 0.3) is 10.6 Å². The van der Waals surface area contributed by atoms with Gasteiger partial charge >= 0.3 is 0 Å². The molecule has 22 heavy (non-hydrogen) atoms. The predicted octanol–water partition coefficient (Wildman–Crippen LogP) is 3.54. The van der Waals surface area contributed by atoms with Crippen LogP contribution in [0.15, 0.2) is 29.9 Å². The number of hydrogen-bond donors (Lipinski definition) is 0. The van der Waals surface area contributed by atoms with Gasteiger partial charge < -0.3 is 4.90 Å². The number of likely N-dealkylation sites (tertiary alicyclic amines) is 1. The Hall–Kier alpha value is -1.75. The van der Waals surface area contributed by atoms with Crippen molar-refractivity contribution in [3.63, 3.8) is 0 Å². The number of nitrogens with zero attached hydrogens (tertiary/aromatic N) is 3. The summed E-state index contributed by atoms with van der Waals surface area (Å²) in [4.78, 5) is 23.1. The van der Waals surface area contributed by atoms with Crippen LogP contribution in [0.5, 0.6) is 0 Å². The van der Waals surface area contributed by atoms with Gasteiger partial charge in [-0.2, -0.15) is 0 Å². The first-order valence-corrected chi connectivity index (χ1v) is 8.80. The minimum atomic E-state index is 0.280. The zero-order valence-corrected chi connectivity index (χ0v) is 13.7. The molecule has 5 heteroatoms. The van der Waals surface area contributed by atoms with Crippen molar-refractivity contribution >= 4 is 17.2 Å². The lowest BCUT2D eigenvalue weighted by molar-refractivity contribution is -0.132. The molecule has 116 valence electrons. The number of rotatable bonds is 5. The van der Waals surface area contributed by atoms with Gasteiger partial charge in [-0.1, -0.05) is 6.92 Å². The van der Waals surface area contributed by atoms with Gasteiger partial charge in [-0.25, -0.2) is 4.98 Å². The number of carbonyl (C=O) groups is 1. The predicted molar refractivity (Wildman–Crippen MR) is 88.7 cm³/mol. The average Bonchev–Trinajstić information content (AvgIpc) is 3.22. The average molecular weight is 315 g/mol. The molecule has 1 aliphatic rings. The number of aryl methyl sites for hydroxylation is 1. The molecule has 0 bridgehead atoms. The van der Waals surface area contributed by atoms with Crippen LogP contribution in [-0.2, 0) is 11.2 Å². The zero-order chi connectivity index (χ0) is 15.4. The summed E-state index contributed by atoms with van der Waals surface area (Å²) in [6.07, 6.45) is 8.21. The summed E-state index contributed by atoms with van der Waals surface area (Å²) in [5.41, 5.74) is 2.10. The number of aromatic nitrogens is 2. The molecule has 0 radical (unpaired) electrons. The molecule has 1 aliphatic heterocycles. The molecule has 0 spiro atoms. The van der Waals surface area contributed by atoms with Crippen LogP contribution in [0, 0.1) is 0 Å². The summed E-state index contributed by atoms with van der Waals surface area (Å²) >= 11 is 1.63. The number of amides is 1. The highest BCUT2D eigenvalue weighted by Gasteiger charge is 2.26. The van der Waals surface area contributed by atoms with Crippen molar-refractivity contribution in [1.29, 1.82) is 0 Å². The van der Waals surface area contributed by atoms with E-state index in [2.05, 4.69) is 27.2 Å². The second kappa shape index (κ2) is 7.01. The summed E-state index contributed by atoms with van der Waals surface area (Å²) < 4.78 is 0. The third kappa shape index (κ3) is 3.35. The van der Waals surface area contributed by atoms with Crippen molar-refractivity contribution < 1.29 is 4.79 Å². The fraction of sp³-hybridized carbons (Fsp3) is 0.471. The highest BCUT2D eigenvalue weighted by Crippen LogP contribution is 2.24. The van der Waals surface area contributed by atoms with Gasteiger partial charge in [0.1, 0.15) is 5.01 Å². The van der Waals surface area contributed by atoms with Crippen LogP contribution in [0.2, 0.25) is 0 Å². The first kappa shape index (κ1) is 15.2. The smallest absolute Gasteiger partial charge is 0.223 e. The molecule has 1 atom stereocenters. The Kier molecular flexibility index (Phi) is 4.83. The number of carbonyl (C=O) groups excluding carboxylic acids is 1. The Bertz CT molecular complexity index is 626. The van der Waals surface area contributed by atoms with E-state index in [4.69, 9.17) is 0 Å². The lowest BCUT2D eigenvalue weighted by atomic mass is 10.1. The molecule has 1 fully saturated rings. The minimum Gasteiger partial charge on any atom is -0.340 e. The first-order valence-electron chi connectivity index (χ1n) is 7.92. The maximum atomic E-state index is 12.4. The first-order chi connectivity index (χ1) is 10.8. The Morgan fingerprint density at radius 3 is 3.00 bits per heavy atom. The maximum absolute atomic E-state index is 12.4. The Balaban J connectivity index is 1.58. The summed E-state index contributed by atoms with van der Waals surface area (Å²) in [7, 11) is 0. The second-order valence-electron chi connectivity index (χ2n) is 5.67. The molecule has 2 aromatic heterocycles. The van der Waals surface area contributed by atoms with Gasteiger partial charge in [-0.3, -0.25) is 9.78 Å². The van der Waals surface area contributed by atoms with Crippen molar-refractivity contribution in [3.05, 3.63) is 35.6 Å². The van der Waals surface area contributed by atoms with Gasteiger partial charge in [-0.05, 0) is 37.8 Å². The lowest BCUT2D eigenvalue weighted by Gasteiger charge is -2.23. The van der Waals surface area contributed by atoms with Crippen LogP contribution in [0.4, 0.5) is 0 Å². The zero-order valence-electron chi connectivity index (χ0n) is 12.9. The van der Waals surface area contributed by atoms with E-state index in [1.807, 2.05) is 12.1 Å². The third-order valence-electron chi connectivity index (χ3n) is 4.24. The maximum Gasteiger partial charge on any atom is 0.223 e. The van der Waals surface area contributed by atoms with E-state index in [1.54, 1.807) is 23.7 Å². The lowest BCUT2D eigenvalue weighted by Crippen LogP contribution is -2.35. The fourth-order valence-corrected chi connectivity index (χ4v) is 3.88. The highest BCUT2D eigenvalue weighted by atomic mass is 32.1. The van der Waals surface area contributed by atoms with Gasteiger partial charge in [0.05, 0.1) is 5.69 Å². The van der Waals surface area contributed by atoms with Crippen molar-refractivity contribution in [2.45, 2.75) is 45.1 Å². The second-order valence-corrected chi connectivity index (χ2v) is 6.53. The van der Waals surface area contributed by atoms with Gasteiger partial charge in [0, 0.05) is 42.3 Å². The summed E-state index contributed by atoms with van der Waals surface area (Å²) in [6.45, 7) is 3.09. The number of thiazole rings is 1. The molecule has 1 saturated heterocycles. The number of pyridine rings is 1. The van der Waals surface area contributed by atoms with E-state index in [-0.39, 0.29) is 5.91 Å². The molecule has 0 aliphatic carbocycles. The highest BCUT2D eigenvalue weighted by molar-refractivity contribution is 7.13. The van der Waals surface area contributed by atoms with Crippen LogP contribution in [-0.4, -0.2) is 33.4 Å². The Morgan fingerprint density at radius 2 is 2.23 bits per heavy atom. The van der Waals surface area contributed by atoms with Gasteiger partial charge in [0.2, 0.25) is 5.91 Å². The van der Waals surface area contributed by atoms with Crippen molar-refractivity contribution in [2.75, 3.05) is 6.54 Å². The summed E-state index contributed by atoms with van der Waals surface area (Å²) in [5, 5.41) is 3.06. The molecule has 1 amide bonds. The minimum absolute atomic E-state index is 0.280. The molecule has 0 aromatic carbocycles. The van der Waals surface area contributed by atoms with Gasteiger partial charge in [0.15, 0.2) is 0 Å². The van der Waals surface area contributed by atoms with Crippen molar-refractivity contribution in [1.82, 2.24) is 14.9 Å². The fourth-order valence-electron chi connectivity index (χ4n) is 3.02. The molecule has 1 unspecified atom stereocenters. The van der Waals surface area contributed by atoms with E-state index < -0.39 is 0 Å². The molecule has 4 nitrogen and oxygen atoms in total. The van der Waals surface area contributed by atoms with Gasteiger partial charge in [-0.15, -0.1) is 11.3 Å². The SMILES string of the molecule is CCC1CCCN1C(=O)CCc1csc(-c2ccncc2)n1. The van der Waals surface area contributed by atoms with E-state index in [9.17, 15) is 4.79 Å². The molecule has 0 N–H and O–H groups in total. The summed E-state index contributed by atoms with van der Waals surface area (Å²) in [5.74, 6) is 0.280. The molecule has 2 aromatic rings.